The molecule has 0 amide bonds. The highest BCUT2D eigenvalue weighted by molar-refractivity contribution is 5.83. The second kappa shape index (κ2) is 4.59. The van der Waals surface area contributed by atoms with Crippen LogP contribution in [0, 0.1) is 23.3 Å². The zero-order chi connectivity index (χ0) is 14.3. The van der Waals surface area contributed by atoms with Crippen molar-refractivity contribution in [1.82, 2.24) is 4.98 Å². The van der Waals surface area contributed by atoms with Crippen LogP contribution >= 0.6 is 0 Å². The highest BCUT2D eigenvalue weighted by atomic mass is 19.2. The molecule has 20 heavy (non-hydrogen) atoms. The summed E-state index contributed by atoms with van der Waals surface area (Å²) in [6.45, 7) is 0. The summed E-state index contributed by atoms with van der Waals surface area (Å²) in [5.41, 5.74) is -0.146. The highest BCUT2D eigenvalue weighted by Crippen LogP contribution is 2.30. The molecule has 2 aromatic carbocycles. The molecule has 0 saturated heterocycles. The van der Waals surface area contributed by atoms with Gasteiger partial charge in [-0.1, -0.05) is 18.2 Å². The minimum Gasteiger partial charge on any atom is -0.256 e. The van der Waals surface area contributed by atoms with Crippen molar-refractivity contribution in [3.8, 4) is 11.1 Å². The van der Waals surface area contributed by atoms with Gasteiger partial charge in [0.05, 0.1) is 11.1 Å². The summed E-state index contributed by atoms with van der Waals surface area (Å²) < 4.78 is 53.9. The van der Waals surface area contributed by atoms with E-state index >= 15 is 0 Å². The molecule has 0 aliphatic carbocycles. The van der Waals surface area contributed by atoms with E-state index in [0.29, 0.717) is 10.9 Å². The molecular weight excluding hydrogens is 270 g/mol. The lowest BCUT2D eigenvalue weighted by Crippen LogP contribution is -1.99. The number of halogens is 4. The summed E-state index contributed by atoms with van der Waals surface area (Å²) in [5.74, 6) is -5.74. The first kappa shape index (κ1) is 12.6. The van der Waals surface area contributed by atoms with Crippen LogP contribution < -0.4 is 0 Å². The van der Waals surface area contributed by atoms with Crippen molar-refractivity contribution in [2.24, 2.45) is 0 Å². The van der Waals surface area contributed by atoms with Gasteiger partial charge < -0.3 is 0 Å². The summed E-state index contributed by atoms with van der Waals surface area (Å²) in [4.78, 5) is 4.02. The number of nitrogens with zero attached hydrogens (tertiary/aromatic N) is 1. The van der Waals surface area contributed by atoms with Crippen molar-refractivity contribution in [1.29, 1.82) is 0 Å². The molecule has 0 unspecified atom stereocenters. The molecule has 1 nitrogen and oxygen atoms in total. The van der Waals surface area contributed by atoms with Crippen LogP contribution in [0.5, 0.6) is 0 Å². The molecule has 0 N–H and O–H groups in total. The second-order valence-corrected chi connectivity index (χ2v) is 4.26. The third-order valence-electron chi connectivity index (χ3n) is 2.99. The van der Waals surface area contributed by atoms with E-state index in [1.54, 1.807) is 24.3 Å². The molecule has 3 aromatic rings. The molecule has 1 aromatic heterocycles. The van der Waals surface area contributed by atoms with Gasteiger partial charge in [0.2, 0.25) is 0 Å². The van der Waals surface area contributed by atoms with Gasteiger partial charge in [-0.3, -0.25) is 4.98 Å². The molecule has 100 valence electrons. The molecule has 0 aliphatic rings. The summed E-state index contributed by atoms with van der Waals surface area (Å²) in [6, 6.07) is 8.52. The number of pyridine rings is 1. The third kappa shape index (κ3) is 1.91. The fourth-order valence-corrected chi connectivity index (χ4v) is 2.03. The number of para-hydroxylation sites is 1. The van der Waals surface area contributed by atoms with Gasteiger partial charge in [0.25, 0.3) is 0 Å². The monoisotopic (exact) mass is 277 g/mol. The Kier molecular flexibility index (Phi) is 2.89. The van der Waals surface area contributed by atoms with E-state index in [9.17, 15) is 17.6 Å². The van der Waals surface area contributed by atoms with E-state index in [0.717, 1.165) is 0 Å². The number of hydrogen-bond donors (Lipinski definition) is 0. The van der Waals surface area contributed by atoms with Crippen molar-refractivity contribution in [2.75, 3.05) is 0 Å². The van der Waals surface area contributed by atoms with E-state index in [1.807, 2.05) is 0 Å². The number of rotatable bonds is 1. The fraction of sp³-hybridized carbons (Fsp3) is 0. The first-order chi connectivity index (χ1) is 9.58. The van der Waals surface area contributed by atoms with Crippen molar-refractivity contribution >= 4 is 10.9 Å². The molecule has 0 radical (unpaired) electrons. The van der Waals surface area contributed by atoms with E-state index in [2.05, 4.69) is 4.98 Å². The Morgan fingerprint density at radius 3 is 2.15 bits per heavy atom. The first-order valence-corrected chi connectivity index (χ1v) is 5.76. The smallest absolute Gasteiger partial charge is 0.169 e. The van der Waals surface area contributed by atoms with Crippen LogP contribution in [0.15, 0.2) is 42.6 Å². The predicted molar refractivity (Wildman–Crippen MR) is 67.0 cm³/mol. The number of aromatic nitrogens is 1. The van der Waals surface area contributed by atoms with Gasteiger partial charge in [-0.15, -0.1) is 0 Å². The number of benzene rings is 2. The number of hydrogen-bond acceptors (Lipinski definition) is 1. The van der Waals surface area contributed by atoms with Gasteiger partial charge in [0, 0.05) is 23.2 Å². The van der Waals surface area contributed by atoms with Crippen molar-refractivity contribution in [2.45, 2.75) is 0 Å². The SMILES string of the molecule is Fc1cc(F)c(F)c(-c2cnc3ccccc3c2)c1F. The van der Waals surface area contributed by atoms with Crippen LogP contribution in [0.1, 0.15) is 0 Å². The Morgan fingerprint density at radius 1 is 0.800 bits per heavy atom. The van der Waals surface area contributed by atoms with Crippen LogP contribution in [0.3, 0.4) is 0 Å². The van der Waals surface area contributed by atoms with Crippen LogP contribution in [-0.4, -0.2) is 4.98 Å². The van der Waals surface area contributed by atoms with E-state index in [-0.39, 0.29) is 11.6 Å². The zero-order valence-corrected chi connectivity index (χ0v) is 10.0. The standard InChI is InChI=1S/C15H7F4N/c16-10-6-11(17)15(19)13(14(10)18)9-5-8-3-1-2-4-12(8)20-7-9/h1-7H. The Balaban J connectivity index is 2.30. The fourth-order valence-electron chi connectivity index (χ4n) is 2.03. The molecule has 3 rings (SSSR count). The molecule has 0 saturated carbocycles. The first-order valence-electron chi connectivity index (χ1n) is 5.76. The zero-order valence-electron chi connectivity index (χ0n) is 10.0. The van der Waals surface area contributed by atoms with Crippen LogP contribution in [0.25, 0.3) is 22.0 Å². The molecular formula is C15H7F4N. The molecule has 1 heterocycles. The quantitative estimate of drug-likeness (QED) is 0.473. The summed E-state index contributed by atoms with van der Waals surface area (Å²) in [5, 5.41) is 0.619. The summed E-state index contributed by atoms with van der Waals surface area (Å²) in [7, 11) is 0. The predicted octanol–water partition coefficient (Wildman–Crippen LogP) is 4.46. The lowest BCUT2D eigenvalue weighted by atomic mass is 10.0. The number of fused-ring (bicyclic) bond motifs is 1. The van der Waals surface area contributed by atoms with Gasteiger partial charge in [-0.25, -0.2) is 17.6 Å². The Labute approximate surface area is 111 Å². The Bertz CT molecular complexity index is 788. The maximum atomic E-state index is 13.7. The Hall–Kier alpha value is -2.43. The van der Waals surface area contributed by atoms with E-state index in [4.69, 9.17) is 0 Å². The largest absolute Gasteiger partial charge is 0.256 e. The minimum atomic E-state index is -1.44. The Morgan fingerprint density at radius 2 is 1.45 bits per heavy atom. The summed E-state index contributed by atoms with van der Waals surface area (Å²) in [6.07, 6.45) is 1.18. The molecule has 0 spiro atoms. The van der Waals surface area contributed by atoms with Gasteiger partial charge >= 0.3 is 0 Å². The normalized spacial score (nSPS) is 11.0. The van der Waals surface area contributed by atoms with Gasteiger partial charge in [-0.05, 0) is 12.1 Å². The molecule has 0 aliphatic heterocycles. The lowest BCUT2D eigenvalue weighted by Gasteiger charge is -2.07. The van der Waals surface area contributed by atoms with Gasteiger partial charge in [-0.2, -0.15) is 0 Å². The maximum absolute atomic E-state index is 13.7. The lowest BCUT2D eigenvalue weighted by molar-refractivity contribution is 0.458. The van der Waals surface area contributed by atoms with Gasteiger partial charge in [0.1, 0.15) is 0 Å². The molecule has 0 atom stereocenters. The second-order valence-electron chi connectivity index (χ2n) is 4.26. The maximum Gasteiger partial charge on any atom is 0.169 e. The van der Waals surface area contributed by atoms with Crippen LogP contribution in [-0.2, 0) is 0 Å². The third-order valence-corrected chi connectivity index (χ3v) is 2.99. The summed E-state index contributed by atoms with van der Waals surface area (Å²) >= 11 is 0. The van der Waals surface area contributed by atoms with Crippen molar-refractivity contribution < 1.29 is 17.6 Å². The minimum absolute atomic E-state index is 0.0166. The molecule has 5 heteroatoms. The van der Waals surface area contributed by atoms with Crippen molar-refractivity contribution in [3.63, 3.8) is 0 Å². The van der Waals surface area contributed by atoms with Gasteiger partial charge in [0.15, 0.2) is 23.3 Å². The van der Waals surface area contributed by atoms with Crippen LogP contribution in [0.4, 0.5) is 17.6 Å². The average Bonchev–Trinajstić information content (AvgIpc) is 2.45. The van der Waals surface area contributed by atoms with Crippen LogP contribution in [0.2, 0.25) is 0 Å². The van der Waals surface area contributed by atoms with Crippen molar-refractivity contribution in [3.05, 3.63) is 65.9 Å². The van der Waals surface area contributed by atoms with E-state index in [1.165, 1.54) is 12.3 Å². The topological polar surface area (TPSA) is 12.9 Å². The highest BCUT2D eigenvalue weighted by Gasteiger charge is 2.20. The average molecular weight is 277 g/mol. The van der Waals surface area contributed by atoms with E-state index < -0.39 is 28.8 Å². The molecule has 0 bridgehead atoms. The molecule has 0 fully saturated rings.